The summed E-state index contributed by atoms with van der Waals surface area (Å²) in [6.07, 6.45) is 1.79. The number of nitrogens with zero attached hydrogens (tertiary/aromatic N) is 5. The van der Waals surface area contributed by atoms with Crippen LogP contribution in [0.1, 0.15) is 0 Å². The summed E-state index contributed by atoms with van der Waals surface area (Å²) < 4.78 is 15.2. The maximum absolute atomic E-state index is 13.2. The van der Waals surface area contributed by atoms with Crippen LogP contribution in [0, 0.1) is 5.82 Å². The summed E-state index contributed by atoms with van der Waals surface area (Å²) in [5, 5.41) is 14.1. The first-order valence-corrected chi connectivity index (χ1v) is 8.35. The molecule has 27 heavy (non-hydrogen) atoms. The fraction of sp³-hybridized carbons (Fsp3) is 0. The zero-order valence-corrected chi connectivity index (χ0v) is 14.0. The molecule has 0 unspecified atom stereocenters. The number of hydrogen-bond acceptors (Lipinski definition) is 4. The predicted octanol–water partition coefficient (Wildman–Crippen LogP) is 4.01. The number of H-pyrrole nitrogens is 1. The van der Waals surface area contributed by atoms with Gasteiger partial charge in [-0.15, -0.1) is 10.2 Å². The van der Waals surface area contributed by atoms with Gasteiger partial charge >= 0.3 is 0 Å². The van der Waals surface area contributed by atoms with Crippen molar-refractivity contribution in [2.45, 2.75) is 0 Å². The molecule has 3 aromatic carbocycles. The molecule has 7 heteroatoms. The summed E-state index contributed by atoms with van der Waals surface area (Å²) in [6, 6.07) is 20.3. The normalized spacial score (nSPS) is 11.1. The number of nitrogens with one attached hydrogen (secondary N) is 1. The fourth-order valence-electron chi connectivity index (χ4n) is 3.11. The van der Waals surface area contributed by atoms with E-state index < -0.39 is 0 Å². The molecule has 1 N–H and O–H groups in total. The van der Waals surface area contributed by atoms with Gasteiger partial charge in [-0.2, -0.15) is 5.21 Å². The summed E-state index contributed by atoms with van der Waals surface area (Å²) in [5.74, 6) is 0.286. The number of fused-ring (bicyclic) bond motifs is 1. The Bertz CT molecular complexity index is 1230. The molecule has 0 saturated carbocycles. The molecule has 0 aliphatic carbocycles. The van der Waals surface area contributed by atoms with Gasteiger partial charge in [-0.3, -0.25) is 4.57 Å². The number of imidazole rings is 1. The number of tetrazole rings is 1. The Kier molecular flexibility index (Phi) is 3.50. The summed E-state index contributed by atoms with van der Waals surface area (Å²) in [5.41, 5.74) is 5.58. The van der Waals surface area contributed by atoms with E-state index >= 15 is 0 Å². The highest BCUT2D eigenvalue weighted by atomic mass is 19.1. The second-order valence-electron chi connectivity index (χ2n) is 6.11. The van der Waals surface area contributed by atoms with E-state index in [0.29, 0.717) is 5.82 Å². The van der Waals surface area contributed by atoms with E-state index in [1.165, 1.54) is 12.1 Å². The standard InChI is InChI=1S/C20H13FN6/c21-16-7-4-13(5-8-16)14-2-1-3-17(10-14)27-12-22-18-9-6-15(11-19(18)27)20-23-25-26-24-20/h1-12H,(H,23,24,25,26). The Labute approximate surface area is 153 Å². The largest absolute Gasteiger partial charge is 0.299 e. The van der Waals surface area contributed by atoms with E-state index in [1.807, 2.05) is 41.0 Å². The number of aromatic amines is 1. The van der Waals surface area contributed by atoms with Gasteiger partial charge < -0.3 is 0 Å². The molecule has 0 radical (unpaired) electrons. The number of aromatic nitrogens is 6. The van der Waals surface area contributed by atoms with Gasteiger partial charge in [0.2, 0.25) is 5.82 Å². The molecule has 0 aliphatic heterocycles. The van der Waals surface area contributed by atoms with Gasteiger partial charge in [0.15, 0.2) is 0 Å². The molecule has 6 nitrogen and oxygen atoms in total. The highest BCUT2D eigenvalue weighted by Gasteiger charge is 2.10. The van der Waals surface area contributed by atoms with Crippen LogP contribution in [0.3, 0.4) is 0 Å². The maximum atomic E-state index is 13.2. The molecular formula is C20H13FN6. The van der Waals surface area contributed by atoms with E-state index in [-0.39, 0.29) is 5.82 Å². The molecule has 0 saturated heterocycles. The Balaban J connectivity index is 1.62. The van der Waals surface area contributed by atoms with Crippen LogP contribution in [0.25, 0.3) is 39.2 Å². The highest BCUT2D eigenvalue weighted by molar-refractivity contribution is 5.82. The lowest BCUT2D eigenvalue weighted by molar-refractivity contribution is 0.628. The second kappa shape index (κ2) is 6.14. The summed E-state index contributed by atoms with van der Waals surface area (Å²) in [7, 11) is 0. The number of benzene rings is 3. The van der Waals surface area contributed by atoms with E-state index in [0.717, 1.165) is 33.4 Å². The third-order valence-electron chi connectivity index (χ3n) is 4.45. The van der Waals surface area contributed by atoms with E-state index in [4.69, 9.17) is 0 Å². The average molecular weight is 356 g/mol. The van der Waals surface area contributed by atoms with Crippen molar-refractivity contribution < 1.29 is 4.39 Å². The van der Waals surface area contributed by atoms with Gasteiger partial charge in [0, 0.05) is 11.3 Å². The maximum Gasteiger partial charge on any atom is 0.204 e. The Morgan fingerprint density at radius 1 is 0.852 bits per heavy atom. The number of halogens is 1. The van der Waals surface area contributed by atoms with Crippen LogP contribution in [0.5, 0.6) is 0 Å². The second-order valence-corrected chi connectivity index (χ2v) is 6.11. The molecule has 2 heterocycles. The van der Waals surface area contributed by atoms with Gasteiger partial charge in [0.1, 0.15) is 12.1 Å². The van der Waals surface area contributed by atoms with Crippen molar-refractivity contribution in [1.82, 2.24) is 30.2 Å². The first-order valence-electron chi connectivity index (χ1n) is 8.35. The zero-order valence-electron chi connectivity index (χ0n) is 14.0. The molecule has 0 aliphatic rings. The lowest BCUT2D eigenvalue weighted by Gasteiger charge is -2.08. The highest BCUT2D eigenvalue weighted by Crippen LogP contribution is 2.26. The quantitative estimate of drug-likeness (QED) is 0.530. The minimum atomic E-state index is -0.246. The van der Waals surface area contributed by atoms with Crippen molar-refractivity contribution in [3.05, 3.63) is 78.9 Å². The van der Waals surface area contributed by atoms with Crippen molar-refractivity contribution in [1.29, 1.82) is 0 Å². The van der Waals surface area contributed by atoms with Crippen LogP contribution < -0.4 is 0 Å². The van der Waals surface area contributed by atoms with Crippen LogP contribution in [0.4, 0.5) is 4.39 Å². The monoisotopic (exact) mass is 356 g/mol. The third kappa shape index (κ3) is 2.75. The average Bonchev–Trinajstić information content (AvgIpc) is 3.38. The minimum Gasteiger partial charge on any atom is -0.299 e. The summed E-state index contributed by atoms with van der Waals surface area (Å²) in [6.45, 7) is 0. The zero-order chi connectivity index (χ0) is 18.2. The molecule has 0 spiro atoms. The van der Waals surface area contributed by atoms with Crippen molar-refractivity contribution >= 4 is 11.0 Å². The third-order valence-corrected chi connectivity index (χ3v) is 4.45. The van der Waals surface area contributed by atoms with Gasteiger partial charge in [-0.25, -0.2) is 9.37 Å². The predicted molar refractivity (Wildman–Crippen MR) is 99.6 cm³/mol. The van der Waals surface area contributed by atoms with Crippen molar-refractivity contribution in [3.63, 3.8) is 0 Å². The Morgan fingerprint density at radius 2 is 1.70 bits per heavy atom. The molecule has 2 aromatic heterocycles. The number of rotatable bonds is 3. The molecule has 130 valence electrons. The minimum absolute atomic E-state index is 0.246. The molecule has 0 fully saturated rings. The van der Waals surface area contributed by atoms with Gasteiger partial charge in [-0.05, 0) is 58.8 Å². The van der Waals surface area contributed by atoms with E-state index in [2.05, 4.69) is 31.7 Å². The first kappa shape index (κ1) is 15.4. The molecule has 5 rings (SSSR count). The fourth-order valence-corrected chi connectivity index (χ4v) is 3.11. The van der Waals surface area contributed by atoms with Crippen molar-refractivity contribution in [2.24, 2.45) is 0 Å². The van der Waals surface area contributed by atoms with Gasteiger partial charge in [0.05, 0.1) is 11.0 Å². The van der Waals surface area contributed by atoms with E-state index in [9.17, 15) is 4.39 Å². The topological polar surface area (TPSA) is 72.3 Å². The van der Waals surface area contributed by atoms with Crippen molar-refractivity contribution in [2.75, 3.05) is 0 Å². The smallest absolute Gasteiger partial charge is 0.204 e. The van der Waals surface area contributed by atoms with Crippen LogP contribution in [-0.4, -0.2) is 30.2 Å². The molecular weight excluding hydrogens is 343 g/mol. The lowest BCUT2D eigenvalue weighted by atomic mass is 10.0. The van der Waals surface area contributed by atoms with Gasteiger partial charge in [-0.1, -0.05) is 24.3 Å². The molecule has 0 atom stereocenters. The Morgan fingerprint density at radius 3 is 2.52 bits per heavy atom. The van der Waals surface area contributed by atoms with E-state index in [1.54, 1.807) is 18.5 Å². The molecule has 0 bridgehead atoms. The van der Waals surface area contributed by atoms with Crippen LogP contribution in [-0.2, 0) is 0 Å². The lowest BCUT2D eigenvalue weighted by Crippen LogP contribution is -1.93. The van der Waals surface area contributed by atoms with Crippen molar-refractivity contribution in [3.8, 4) is 28.2 Å². The number of hydrogen-bond donors (Lipinski definition) is 1. The summed E-state index contributed by atoms with van der Waals surface area (Å²) >= 11 is 0. The summed E-state index contributed by atoms with van der Waals surface area (Å²) in [4.78, 5) is 4.48. The molecule has 0 amide bonds. The first-order chi connectivity index (χ1) is 13.3. The molecule has 5 aromatic rings. The van der Waals surface area contributed by atoms with Crippen LogP contribution in [0.15, 0.2) is 73.1 Å². The SMILES string of the molecule is Fc1ccc(-c2cccc(-n3cnc4ccc(-c5nn[nH]n5)cc43)c2)cc1. The van der Waals surface area contributed by atoms with Gasteiger partial charge in [0.25, 0.3) is 0 Å². The van der Waals surface area contributed by atoms with Crippen LogP contribution in [0.2, 0.25) is 0 Å². The Hall–Kier alpha value is -3.87. The van der Waals surface area contributed by atoms with Crippen LogP contribution >= 0.6 is 0 Å².